The largest absolute Gasteiger partial charge is 0.352 e. The molecular weight excluding hydrogens is 240 g/mol. The lowest BCUT2D eigenvalue weighted by molar-refractivity contribution is 0.612. The van der Waals surface area contributed by atoms with Gasteiger partial charge in [0.05, 0.1) is 0 Å². The summed E-state index contributed by atoms with van der Waals surface area (Å²) in [5.74, 6) is 1.83. The first-order chi connectivity index (χ1) is 9.11. The maximum absolute atomic E-state index is 11.8. The van der Waals surface area contributed by atoms with Gasteiger partial charge in [0.2, 0.25) is 0 Å². The fraction of sp³-hybridized carbons (Fsp3) is 0.714. The fourth-order valence-electron chi connectivity index (χ4n) is 2.51. The predicted octanol–water partition coefficient (Wildman–Crippen LogP) is 1.47. The molecule has 0 bridgehead atoms. The lowest BCUT2D eigenvalue weighted by Gasteiger charge is -2.29. The lowest BCUT2D eigenvalue weighted by atomic mass is 10.2. The maximum Gasteiger partial charge on any atom is 0.252 e. The second-order valence-corrected chi connectivity index (χ2v) is 5.48. The topological polar surface area (TPSA) is 61.0 Å². The molecule has 1 atom stereocenters. The molecule has 1 aromatic heterocycles. The van der Waals surface area contributed by atoms with E-state index in [0.29, 0.717) is 6.04 Å². The van der Waals surface area contributed by atoms with Crippen molar-refractivity contribution in [1.29, 1.82) is 0 Å². The van der Waals surface area contributed by atoms with E-state index in [0.717, 1.165) is 44.1 Å². The molecule has 2 heterocycles. The standard InChI is InChI=1S/C14H24N4O/c1-4-7-18(11-5-6-15-9-11)12-8-13(19)17-14(16-12)10(2)3/h8,10-11,15H,4-7,9H2,1-3H3,(H,16,17,19). The molecular formula is C14H24N4O. The van der Waals surface area contributed by atoms with E-state index >= 15 is 0 Å². The highest BCUT2D eigenvalue weighted by atomic mass is 16.1. The van der Waals surface area contributed by atoms with Gasteiger partial charge in [-0.15, -0.1) is 0 Å². The number of anilines is 1. The summed E-state index contributed by atoms with van der Waals surface area (Å²) in [4.78, 5) is 21.5. The van der Waals surface area contributed by atoms with Gasteiger partial charge in [-0.2, -0.15) is 0 Å². The highest BCUT2D eigenvalue weighted by Crippen LogP contribution is 2.19. The number of rotatable bonds is 5. The van der Waals surface area contributed by atoms with Crippen molar-refractivity contribution in [3.8, 4) is 0 Å². The third-order valence-electron chi connectivity index (χ3n) is 3.53. The molecule has 2 N–H and O–H groups in total. The van der Waals surface area contributed by atoms with E-state index in [2.05, 4.69) is 27.1 Å². The van der Waals surface area contributed by atoms with Crippen LogP contribution in [0, 0.1) is 0 Å². The second kappa shape index (κ2) is 6.19. The Kier molecular flexibility index (Phi) is 4.58. The third kappa shape index (κ3) is 3.35. The van der Waals surface area contributed by atoms with E-state index < -0.39 is 0 Å². The van der Waals surface area contributed by atoms with Crippen molar-refractivity contribution in [1.82, 2.24) is 15.3 Å². The smallest absolute Gasteiger partial charge is 0.252 e. The number of hydrogen-bond donors (Lipinski definition) is 2. The van der Waals surface area contributed by atoms with Gasteiger partial charge in [-0.25, -0.2) is 4.98 Å². The molecule has 1 saturated heterocycles. The Morgan fingerprint density at radius 1 is 1.53 bits per heavy atom. The first-order valence-electron chi connectivity index (χ1n) is 7.20. The van der Waals surface area contributed by atoms with E-state index in [4.69, 9.17) is 0 Å². The molecule has 0 spiro atoms. The van der Waals surface area contributed by atoms with Gasteiger partial charge in [0.25, 0.3) is 5.56 Å². The van der Waals surface area contributed by atoms with Crippen LogP contribution in [0.4, 0.5) is 5.82 Å². The number of hydrogen-bond acceptors (Lipinski definition) is 4. The Morgan fingerprint density at radius 3 is 2.89 bits per heavy atom. The summed E-state index contributed by atoms with van der Waals surface area (Å²) < 4.78 is 0. The average Bonchev–Trinajstić information content (AvgIpc) is 2.88. The quantitative estimate of drug-likeness (QED) is 0.845. The van der Waals surface area contributed by atoms with Crippen LogP contribution >= 0.6 is 0 Å². The van der Waals surface area contributed by atoms with Crippen LogP contribution < -0.4 is 15.8 Å². The number of nitrogens with one attached hydrogen (secondary N) is 2. The van der Waals surface area contributed by atoms with Gasteiger partial charge in [-0.05, 0) is 19.4 Å². The summed E-state index contributed by atoms with van der Waals surface area (Å²) in [6.45, 7) is 9.22. The lowest BCUT2D eigenvalue weighted by Crippen LogP contribution is -2.39. The zero-order chi connectivity index (χ0) is 13.8. The first-order valence-corrected chi connectivity index (χ1v) is 7.20. The summed E-state index contributed by atoms with van der Waals surface area (Å²) >= 11 is 0. The van der Waals surface area contributed by atoms with Crippen molar-refractivity contribution in [3.63, 3.8) is 0 Å². The summed E-state index contributed by atoms with van der Waals surface area (Å²) in [6, 6.07) is 2.08. The minimum Gasteiger partial charge on any atom is -0.352 e. The second-order valence-electron chi connectivity index (χ2n) is 5.48. The highest BCUT2D eigenvalue weighted by Gasteiger charge is 2.23. The molecule has 1 fully saturated rings. The summed E-state index contributed by atoms with van der Waals surface area (Å²) in [6.07, 6.45) is 2.17. The minimum atomic E-state index is -0.0549. The maximum atomic E-state index is 11.8. The Morgan fingerprint density at radius 2 is 2.32 bits per heavy atom. The summed E-state index contributed by atoms with van der Waals surface area (Å²) in [7, 11) is 0. The van der Waals surface area contributed by atoms with Gasteiger partial charge in [0.1, 0.15) is 11.6 Å². The van der Waals surface area contributed by atoms with Crippen molar-refractivity contribution in [3.05, 3.63) is 22.2 Å². The van der Waals surface area contributed by atoms with Gasteiger partial charge >= 0.3 is 0 Å². The molecule has 2 rings (SSSR count). The van der Waals surface area contributed by atoms with Gasteiger partial charge < -0.3 is 15.2 Å². The van der Waals surface area contributed by atoms with Gasteiger partial charge in [0, 0.05) is 31.1 Å². The zero-order valence-electron chi connectivity index (χ0n) is 12.1. The average molecular weight is 264 g/mol. The van der Waals surface area contributed by atoms with Gasteiger partial charge in [-0.1, -0.05) is 20.8 Å². The normalized spacial score (nSPS) is 19.1. The number of H-pyrrole nitrogens is 1. The Hall–Kier alpha value is -1.36. The SMILES string of the molecule is CCCN(c1cc(=O)[nH]c(C(C)C)n1)C1CCNC1. The molecule has 0 saturated carbocycles. The van der Waals surface area contributed by atoms with Crippen LogP contribution in [-0.4, -0.2) is 35.6 Å². The van der Waals surface area contributed by atoms with E-state index in [9.17, 15) is 4.79 Å². The van der Waals surface area contributed by atoms with Gasteiger partial charge in [-0.3, -0.25) is 4.79 Å². The van der Waals surface area contributed by atoms with Crippen LogP contribution in [0.15, 0.2) is 10.9 Å². The van der Waals surface area contributed by atoms with E-state index in [-0.39, 0.29) is 11.5 Å². The molecule has 1 aliphatic heterocycles. The van der Waals surface area contributed by atoms with Crippen molar-refractivity contribution < 1.29 is 0 Å². The number of aromatic nitrogens is 2. The predicted molar refractivity (Wildman–Crippen MR) is 77.9 cm³/mol. The van der Waals surface area contributed by atoms with E-state index in [1.807, 2.05) is 13.8 Å². The Balaban J connectivity index is 2.32. The summed E-state index contributed by atoms with van der Waals surface area (Å²) in [5, 5.41) is 3.38. The van der Waals surface area contributed by atoms with E-state index in [1.165, 1.54) is 0 Å². The molecule has 1 unspecified atom stereocenters. The number of aromatic amines is 1. The van der Waals surface area contributed by atoms with Crippen LogP contribution in [0.25, 0.3) is 0 Å². The molecule has 1 aliphatic rings. The van der Waals surface area contributed by atoms with Crippen LogP contribution in [0.1, 0.15) is 45.4 Å². The van der Waals surface area contributed by atoms with E-state index in [1.54, 1.807) is 6.07 Å². The Labute approximate surface area is 114 Å². The molecule has 5 nitrogen and oxygen atoms in total. The molecule has 106 valence electrons. The van der Waals surface area contributed by atoms with Crippen molar-refractivity contribution in [2.75, 3.05) is 24.5 Å². The highest BCUT2D eigenvalue weighted by molar-refractivity contribution is 5.39. The molecule has 5 heteroatoms. The molecule has 0 aromatic carbocycles. The minimum absolute atomic E-state index is 0.0549. The third-order valence-corrected chi connectivity index (χ3v) is 3.53. The van der Waals surface area contributed by atoms with Crippen molar-refractivity contribution in [2.24, 2.45) is 0 Å². The van der Waals surface area contributed by atoms with Crippen LogP contribution in [0.3, 0.4) is 0 Å². The molecule has 0 radical (unpaired) electrons. The first kappa shape index (κ1) is 14.1. The number of nitrogens with zero attached hydrogens (tertiary/aromatic N) is 2. The molecule has 1 aromatic rings. The fourth-order valence-corrected chi connectivity index (χ4v) is 2.51. The summed E-state index contributed by atoms with van der Waals surface area (Å²) in [5.41, 5.74) is -0.0549. The monoisotopic (exact) mass is 264 g/mol. The van der Waals surface area contributed by atoms with Crippen molar-refractivity contribution >= 4 is 5.82 Å². The van der Waals surface area contributed by atoms with Gasteiger partial charge in [0.15, 0.2) is 0 Å². The Bertz CT molecular complexity index is 463. The van der Waals surface area contributed by atoms with Crippen LogP contribution in [0.2, 0.25) is 0 Å². The zero-order valence-corrected chi connectivity index (χ0v) is 12.1. The molecule has 0 amide bonds. The molecule has 19 heavy (non-hydrogen) atoms. The van der Waals surface area contributed by atoms with Crippen molar-refractivity contribution in [2.45, 2.75) is 45.6 Å². The molecule has 0 aliphatic carbocycles. The van der Waals surface area contributed by atoms with Crippen LogP contribution in [-0.2, 0) is 0 Å². The van der Waals surface area contributed by atoms with Crippen LogP contribution in [0.5, 0.6) is 0 Å².